The summed E-state index contributed by atoms with van der Waals surface area (Å²) in [4.78, 5) is 31.5. The Balaban J connectivity index is 1.52. The third-order valence-electron chi connectivity index (χ3n) is 5.86. The van der Waals surface area contributed by atoms with Crippen molar-refractivity contribution in [1.29, 1.82) is 0 Å². The van der Waals surface area contributed by atoms with Crippen LogP contribution in [0.4, 0.5) is 0 Å². The number of carboxylic acid groups (broad SMARTS) is 1. The lowest BCUT2D eigenvalue weighted by Crippen LogP contribution is -2.26. The second-order valence-corrected chi connectivity index (χ2v) is 9.38. The van der Waals surface area contributed by atoms with Crippen molar-refractivity contribution in [3.8, 4) is 5.75 Å². The average Bonchev–Trinajstić information content (AvgIpc) is 3.10. The number of hydrogen-bond donors (Lipinski definition) is 1. The summed E-state index contributed by atoms with van der Waals surface area (Å²) in [6.07, 6.45) is 5.54. The van der Waals surface area contributed by atoms with Crippen molar-refractivity contribution in [3.05, 3.63) is 56.4 Å². The maximum atomic E-state index is 13.4. The van der Waals surface area contributed by atoms with Crippen molar-refractivity contribution in [2.75, 3.05) is 6.61 Å². The van der Waals surface area contributed by atoms with Crippen LogP contribution in [0, 0.1) is 5.92 Å². The normalized spacial score (nSPS) is 15.7. The van der Waals surface area contributed by atoms with Crippen molar-refractivity contribution < 1.29 is 14.6 Å². The third kappa shape index (κ3) is 4.51. The largest absolute Gasteiger partial charge is 0.494 e. The molecule has 1 aliphatic rings. The van der Waals surface area contributed by atoms with E-state index in [1.165, 1.54) is 22.6 Å². The third-order valence-corrected chi connectivity index (χ3v) is 7.01. The molecule has 0 spiro atoms. The standard InChI is InChI=1S/C24H28N2O4S/c1-3-5-20-25-22-21(18-11-6-15(2)14-19(18)31-22)23(27)26(20)12-4-13-30-17-9-7-16(8-10-17)24(28)29/h7-10,15H,3-6,11-14H2,1-2H3,(H,28,29). The minimum Gasteiger partial charge on any atom is -0.494 e. The Morgan fingerprint density at radius 1 is 1.32 bits per heavy atom. The summed E-state index contributed by atoms with van der Waals surface area (Å²) in [5.41, 5.74) is 1.55. The number of aryl methyl sites for hydroxylation is 2. The molecule has 31 heavy (non-hydrogen) atoms. The van der Waals surface area contributed by atoms with Gasteiger partial charge in [-0.2, -0.15) is 0 Å². The molecule has 0 aliphatic heterocycles. The van der Waals surface area contributed by atoms with Gasteiger partial charge in [0.2, 0.25) is 0 Å². The van der Waals surface area contributed by atoms with Crippen LogP contribution in [-0.2, 0) is 25.8 Å². The van der Waals surface area contributed by atoms with E-state index in [9.17, 15) is 9.59 Å². The lowest BCUT2D eigenvalue weighted by Gasteiger charge is -2.18. The zero-order valence-electron chi connectivity index (χ0n) is 18.0. The molecule has 7 heteroatoms. The van der Waals surface area contributed by atoms with Gasteiger partial charge >= 0.3 is 5.97 Å². The summed E-state index contributed by atoms with van der Waals surface area (Å²) < 4.78 is 7.59. The van der Waals surface area contributed by atoms with E-state index in [-0.39, 0.29) is 11.1 Å². The molecule has 0 radical (unpaired) electrons. The number of carboxylic acids is 1. The van der Waals surface area contributed by atoms with E-state index in [1.807, 2.05) is 4.57 Å². The topological polar surface area (TPSA) is 81.4 Å². The fourth-order valence-electron chi connectivity index (χ4n) is 4.22. The van der Waals surface area contributed by atoms with Crippen LogP contribution >= 0.6 is 11.3 Å². The van der Waals surface area contributed by atoms with Gasteiger partial charge in [0.25, 0.3) is 5.56 Å². The highest BCUT2D eigenvalue weighted by Gasteiger charge is 2.24. The molecule has 1 N–H and O–H groups in total. The second kappa shape index (κ2) is 9.22. The van der Waals surface area contributed by atoms with Gasteiger partial charge in [-0.3, -0.25) is 9.36 Å². The van der Waals surface area contributed by atoms with Gasteiger partial charge in [-0.25, -0.2) is 9.78 Å². The van der Waals surface area contributed by atoms with E-state index in [0.29, 0.717) is 31.2 Å². The molecule has 2 heterocycles. The minimum atomic E-state index is -0.956. The van der Waals surface area contributed by atoms with Gasteiger partial charge in [0.1, 0.15) is 16.4 Å². The first-order valence-electron chi connectivity index (χ1n) is 11.0. The van der Waals surface area contributed by atoms with E-state index in [4.69, 9.17) is 14.8 Å². The highest BCUT2D eigenvalue weighted by Crippen LogP contribution is 2.35. The van der Waals surface area contributed by atoms with Crippen LogP contribution in [0.25, 0.3) is 10.2 Å². The number of thiophene rings is 1. The first-order valence-corrected chi connectivity index (χ1v) is 11.8. The Morgan fingerprint density at radius 3 is 2.81 bits per heavy atom. The number of hydrogen-bond acceptors (Lipinski definition) is 5. The molecular weight excluding hydrogens is 412 g/mol. The summed E-state index contributed by atoms with van der Waals surface area (Å²) in [5.74, 6) is 1.19. The van der Waals surface area contributed by atoms with Gasteiger partial charge in [-0.15, -0.1) is 11.3 Å². The lowest BCUT2D eigenvalue weighted by molar-refractivity contribution is 0.0697. The van der Waals surface area contributed by atoms with Crippen LogP contribution in [0.5, 0.6) is 5.75 Å². The van der Waals surface area contributed by atoms with Crippen LogP contribution in [0.15, 0.2) is 29.1 Å². The molecule has 1 unspecified atom stereocenters. The Bertz CT molecular complexity index is 1150. The molecule has 0 bridgehead atoms. The fourth-order valence-corrected chi connectivity index (χ4v) is 5.61. The molecule has 0 fully saturated rings. The molecule has 1 aromatic carbocycles. The number of benzene rings is 1. The number of aromatic carboxylic acids is 1. The Hall–Kier alpha value is -2.67. The number of aromatic nitrogens is 2. The Labute approximate surface area is 185 Å². The zero-order valence-corrected chi connectivity index (χ0v) is 18.8. The maximum absolute atomic E-state index is 13.4. The van der Waals surface area contributed by atoms with Crippen LogP contribution in [0.1, 0.15) is 59.7 Å². The first-order chi connectivity index (χ1) is 15.0. The SMILES string of the molecule is CCCc1nc2sc3c(c2c(=O)n1CCCOc1ccc(C(=O)O)cc1)CCC(C)C3. The highest BCUT2D eigenvalue weighted by molar-refractivity contribution is 7.18. The quantitative estimate of drug-likeness (QED) is 0.514. The fraction of sp³-hybridized carbons (Fsp3) is 0.458. The predicted octanol–water partition coefficient (Wildman–Crippen LogP) is 4.70. The monoisotopic (exact) mass is 440 g/mol. The van der Waals surface area contributed by atoms with E-state index >= 15 is 0 Å². The minimum absolute atomic E-state index is 0.0892. The van der Waals surface area contributed by atoms with E-state index in [2.05, 4.69) is 13.8 Å². The number of nitrogens with zero attached hydrogens (tertiary/aromatic N) is 2. The number of fused-ring (bicyclic) bond motifs is 3. The van der Waals surface area contributed by atoms with Gasteiger partial charge in [0.15, 0.2) is 0 Å². The van der Waals surface area contributed by atoms with Crippen LogP contribution < -0.4 is 10.3 Å². The van der Waals surface area contributed by atoms with E-state index in [0.717, 1.165) is 48.1 Å². The van der Waals surface area contributed by atoms with Gasteiger partial charge in [0.05, 0.1) is 17.6 Å². The molecule has 0 amide bonds. The van der Waals surface area contributed by atoms with Crippen molar-refractivity contribution in [2.45, 2.75) is 58.9 Å². The van der Waals surface area contributed by atoms with Crippen molar-refractivity contribution in [1.82, 2.24) is 9.55 Å². The molecule has 2 aromatic heterocycles. The van der Waals surface area contributed by atoms with Crippen molar-refractivity contribution in [2.24, 2.45) is 5.92 Å². The zero-order chi connectivity index (χ0) is 22.0. The maximum Gasteiger partial charge on any atom is 0.335 e. The molecule has 0 saturated heterocycles. The summed E-state index contributed by atoms with van der Waals surface area (Å²) >= 11 is 1.70. The van der Waals surface area contributed by atoms with Crippen LogP contribution in [0.3, 0.4) is 0 Å². The first kappa shape index (κ1) is 21.6. The summed E-state index contributed by atoms with van der Waals surface area (Å²) in [5, 5.41) is 9.81. The number of ether oxygens (including phenoxy) is 1. The molecular formula is C24H28N2O4S. The van der Waals surface area contributed by atoms with Gasteiger partial charge in [0, 0.05) is 17.8 Å². The van der Waals surface area contributed by atoms with Gasteiger partial charge in [-0.05, 0) is 67.9 Å². The molecule has 164 valence electrons. The number of carbonyl (C=O) groups is 1. The Morgan fingerprint density at radius 2 is 2.10 bits per heavy atom. The van der Waals surface area contributed by atoms with E-state index in [1.54, 1.807) is 23.5 Å². The van der Waals surface area contributed by atoms with Crippen molar-refractivity contribution >= 4 is 27.5 Å². The van der Waals surface area contributed by atoms with Crippen LogP contribution in [-0.4, -0.2) is 27.2 Å². The summed E-state index contributed by atoms with van der Waals surface area (Å²) in [7, 11) is 0. The molecule has 6 nitrogen and oxygen atoms in total. The molecule has 1 atom stereocenters. The predicted molar refractivity (Wildman–Crippen MR) is 123 cm³/mol. The number of rotatable bonds is 8. The highest BCUT2D eigenvalue weighted by atomic mass is 32.1. The van der Waals surface area contributed by atoms with Crippen molar-refractivity contribution in [3.63, 3.8) is 0 Å². The average molecular weight is 441 g/mol. The lowest BCUT2D eigenvalue weighted by atomic mass is 9.89. The van der Waals surface area contributed by atoms with Crippen LogP contribution in [0.2, 0.25) is 0 Å². The second-order valence-electron chi connectivity index (χ2n) is 8.30. The van der Waals surface area contributed by atoms with E-state index < -0.39 is 5.97 Å². The summed E-state index contributed by atoms with van der Waals surface area (Å²) in [6.45, 7) is 5.38. The van der Waals surface area contributed by atoms with Gasteiger partial charge < -0.3 is 9.84 Å². The molecule has 0 saturated carbocycles. The molecule has 3 aromatic rings. The summed E-state index contributed by atoms with van der Waals surface area (Å²) in [6, 6.07) is 6.37. The smallest absolute Gasteiger partial charge is 0.335 e. The molecule has 4 rings (SSSR count). The Kier molecular flexibility index (Phi) is 6.41. The van der Waals surface area contributed by atoms with Gasteiger partial charge in [-0.1, -0.05) is 13.8 Å². The molecule has 1 aliphatic carbocycles.